The molecule has 2 heterocycles. The van der Waals surface area contributed by atoms with Crippen molar-refractivity contribution in [3.05, 3.63) is 94.7 Å². The van der Waals surface area contributed by atoms with Crippen LogP contribution < -0.4 is 14.8 Å². The number of carbonyl (C=O) groups excluding carboxylic acids is 2. The van der Waals surface area contributed by atoms with Crippen molar-refractivity contribution in [2.45, 2.75) is 57.6 Å². The topological polar surface area (TPSA) is 77.8 Å². The van der Waals surface area contributed by atoms with E-state index in [9.17, 15) is 9.59 Å². The van der Waals surface area contributed by atoms with Crippen LogP contribution in [0.4, 0.5) is 4.79 Å². The largest absolute Gasteiger partial charge is 0.494 e. The molecule has 2 amide bonds. The Hall–Kier alpha value is -3.71. The van der Waals surface area contributed by atoms with Gasteiger partial charge in [0.15, 0.2) is 0 Å². The van der Waals surface area contributed by atoms with Crippen molar-refractivity contribution in [2.75, 3.05) is 13.2 Å². The number of furan rings is 1. The molecular weight excluding hydrogens is 522 g/mol. The predicted octanol–water partition coefficient (Wildman–Crippen LogP) is 7.74. The summed E-state index contributed by atoms with van der Waals surface area (Å²) in [5.74, 6) is 1.33. The highest BCUT2D eigenvalue weighted by atomic mass is 32.2. The Kier molecular flexibility index (Phi) is 9.12. The molecule has 6 nitrogen and oxygen atoms in total. The molecule has 1 aliphatic rings. The number of rotatable bonds is 13. The summed E-state index contributed by atoms with van der Waals surface area (Å²) in [6.45, 7) is 5.26. The number of nitrogens with one attached hydrogen (secondary N) is 1. The Morgan fingerprint density at radius 1 is 0.925 bits per heavy atom. The maximum absolute atomic E-state index is 12.1. The first-order chi connectivity index (χ1) is 19.5. The Balaban J connectivity index is 1.14. The zero-order valence-corrected chi connectivity index (χ0v) is 23.9. The van der Waals surface area contributed by atoms with Gasteiger partial charge in [-0.15, -0.1) is 0 Å². The van der Waals surface area contributed by atoms with Gasteiger partial charge in [-0.25, -0.2) is 0 Å². The van der Waals surface area contributed by atoms with E-state index in [1.54, 1.807) is 0 Å². The van der Waals surface area contributed by atoms with Crippen molar-refractivity contribution in [3.63, 3.8) is 0 Å². The molecule has 40 heavy (non-hydrogen) atoms. The standard InChI is InChI=1S/C33H35NO5S/c1-3-9-28-29(15-14-27-24(21-39-30(27)28)13-12-23-10-5-4-6-11-23)38-17-8-7-16-37-26-19-22(2)18-25(20-26)31-32(35)34-33(36)40-31/h4-6,10-11,14-15,18-21,31H,3,7-9,12-13,16-17H2,1-2H3,(H,34,35,36). The summed E-state index contributed by atoms with van der Waals surface area (Å²) in [5.41, 5.74) is 6.42. The molecule has 0 aliphatic carbocycles. The van der Waals surface area contributed by atoms with Crippen LogP contribution in [0.5, 0.6) is 11.5 Å². The summed E-state index contributed by atoms with van der Waals surface area (Å²) in [7, 11) is 0. The average molecular weight is 558 g/mol. The molecule has 1 aliphatic heterocycles. The summed E-state index contributed by atoms with van der Waals surface area (Å²) < 4.78 is 18.3. The predicted molar refractivity (Wildman–Crippen MR) is 159 cm³/mol. The second-order valence-corrected chi connectivity index (χ2v) is 11.3. The van der Waals surface area contributed by atoms with Crippen molar-refractivity contribution >= 4 is 33.9 Å². The number of unbranched alkanes of at least 4 members (excludes halogenated alkanes) is 1. The quantitative estimate of drug-likeness (QED) is 0.169. The number of amides is 2. The molecule has 1 unspecified atom stereocenters. The monoisotopic (exact) mass is 557 g/mol. The van der Waals surface area contributed by atoms with Crippen LogP contribution in [-0.2, 0) is 24.1 Å². The summed E-state index contributed by atoms with van der Waals surface area (Å²) in [5, 5.41) is 2.69. The molecule has 0 radical (unpaired) electrons. The zero-order chi connectivity index (χ0) is 27.9. The second-order valence-electron chi connectivity index (χ2n) is 10.2. The fourth-order valence-corrected chi connectivity index (χ4v) is 5.90. The van der Waals surface area contributed by atoms with Gasteiger partial charge < -0.3 is 13.9 Å². The lowest BCUT2D eigenvalue weighted by atomic mass is 10.0. The van der Waals surface area contributed by atoms with Crippen LogP contribution in [0, 0.1) is 6.92 Å². The lowest BCUT2D eigenvalue weighted by molar-refractivity contribution is -0.119. The fourth-order valence-electron chi connectivity index (χ4n) is 5.09. The van der Waals surface area contributed by atoms with Gasteiger partial charge in [0.1, 0.15) is 22.3 Å². The third-order valence-electron chi connectivity index (χ3n) is 7.04. The molecule has 1 saturated heterocycles. The number of hydrogen-bond donors (Lipinski definition) is 1. The van der Waals surface area contributed by atoms with E-state index in [2.05, 4.69) is 48.6 Å². The summed E-state index contributed by atoms with van der Waals surface area (Å²) in [6.07, 6.45) is 7.42. The van der Waals surface area contributed by atoms with Gasteiger partial charge in [0.2, 0.25) is 5.91 Å². The molecule has 4 aromatic rings. The van der Waals surface area contributed by atoms with Crippen LogP contribution in [0.1, 0.15) is 59.3 Å². The minimum Gasteiger partial charge on any atom is -0.494 e. The number of hydrogen-bond acceptors (Lipinski definition) is 6. The number of ether oxygens (including phenoxy) is 2. The third-order valence-corrected chi connectivity index (χ3v) is 8.08. The lowest BCUT2D eigenvalue weighted by Crippen LogP contribution is -2.20. The van der Waals surface area contributed by atoms with Gasteiger partial charge in [-0.2, -0.15) is 0 Å². The number of carbonyl (C=O) groups is 2. The fraction of sp³-hybridized carbons (Fsp3) is 0.333. The Bertz CT molecular complexity index is 1480. The highest BCUT2D eigenvalue weighted by Crippen LogP contribution is 2.36. The van der Waals surface area contributed by atoms with E-state index in [0.717, 1.165) is 78.3 Å². The Labute approximate surface area is 239 Å². The van der Waals surface area contributed by atoms with E-state index in [0.29, 0.717) is 19.0 Å². The first-order valence-electron chi connectivity index (χ1n) is 14.0. The first kappa shape index (κ1) is 27.8. The van der Waals surface area contributed by atoms with Crippen LogP contribution in [0.25, 0.3) is 11.0 Å². The van der Waals surface area contributed by atoms with Crippen molar-refractivity contribution in [3.8, 4) is 11.5 Å². The Morgan fingerprint density at radius 2 is 1.73 bits per heavy atom. The lowest BCUT2D eigenvalue weighted by Gasteiger charge is -2.13. The highest BCUT2D eigenvalue weighted by Gasteiger charge is 2.33. The number of benzene rings is 3. The molecular formula is C33H35NO5S. The molecule has 0 bridgehead atoms. The van der Waals surface area contributed by atoms with Gasteiger partial charge in [0.25, 0.3) is 5.24 Å². The number of aryl methyl sites for hydroxylation is 4. The molecule has 3 aromatic carbocycles. The molecule has 0 saturated carbocycles. The minimum atomic E-state index is -0.521. The van der Waals surface area contributed by atoms with E-state index in [4.69, 9.17) is 13.9 Å². The minimum absolute atomic E-state index is 0.276. The molecule has 1 aromatic heterocycles. The molecule has 5 rings (SSSR count). The molecule has 208 valence electrons. The van der Waals surface area contributed by atoms with Crippen LogP contribution >= 0.6 is 11.8 Å². The highest BCUT2D eigenvalue weighted by molar-refractivity contribution is 8.15. The number of fused-ring (bicyclic) bond motifs is 1. The average Bonchev–Trinajstić information content (AvgIpc) is 3.52. The molecule has 1 fully saturated rings. The van der Waals surface area contributed by atoms with Gasteiger partial charge in [0.05, 0.1) is 19.5 Å². The molecule has 1 atom stereocenters. The van der Waals surface area contributed by atoms with Crippen LogP contribution in [0.3, 0.4) is 0 Å². The van der Waals surface area contributed by atoms with Gasteiger partial charge >= 0.3 is 0 Å². The van der Waals surface area contributed by atoms with Crippen molar-refractivity contribution < 1.29 is 23.5 Å². The molecule has 7 heteroatoms. The van der Waals surface area contributed by atoms with E-state index >= 15 is 0 Å². The SMILES string of the molecule is CCCc1c(OCCCCOc2cc(C)cc(C3SC(=O)NC3=O)c2)ccc2c(CCc3ccccc3)coc12. The second kappa shape index (κ2) is 13.1. The zero-order valence-electron chi connectivity index (χ0n) is 23.0. The normalized spacial score (nSPS) is 15.0. The van der Waals surface area contributed by atoms with Crippen LogP contribution in [0.2, 0.25) is 0 Å². The van der Waals surface area contributed by atoms with Gasteiger partial charge in [0, 0.05) is 10.9 Å². The summed E-state index contributed by atoms with van der Waals surface area (Å²) >= 11 is 1.01. The van der Waals surface area contributed by atoms with E-state index in [1.807, 2.05) is 37.5 Å². The van der Waals surface area contributed by atoms with Crippen molar-refractivity contribution in [2.24, 2.45) is 0 Å². The summed E-state index contributed by atoms with van der Waals surface area (Å²) in [6, 6.07) is 20.5. The van der Waals surface area contributed by atoms with E-state index in [1.165, 1.54) is 16.5 Å². The molecule has 0 spiro atoms. The first-order valence-corrected chi connectivity index (χ1v) is 14.8. The van der Waals surface area contributed by atoms with E-state index in [-0.39, 0.29) is 11.1 Å². The maximum Gasteiger partial charge on any atom is 0.286 e. The number of imide groups is 1. The maximum atomic E-state index is 12.1. The van der Waals surface area contributed by atoms with Gasteiger partial charge in [-0.1, -0.05) is 49.7 Å². The smallest absolute Gasteiger partial charge is 0.286 e. The Morgan fingerprint density at radius 3 is 2.48 bits per heavy atom. The third kappa shape index (κ3) is 6.70. The van der Waals surface area contributed by atoms with E-state index < -0.39 is 5.25 Å². The summed E-state index contributed by atoms with van der Waals surface area (Å²) in [4.78, 5) is 23.6. The van der Waals surface area contributed by atoms with Gasteiger partial charge in [-0.3, -0.25) is 14.9 Å². The van der Waals surface area contributed by atoms with Gasteiger partial charge in [-0.05, 0) is 97.3 Å². The molecule has 1 N–H and O–H groups in total. The van der Waals surface area contributed by atoms with Crippen LogP contribution in [-0.4, -0.2) is 24.4 Å². The van der Waals surface area contributed by atoms with Crippen molar-refractivity contribution in [1.82, 2.24) is 5.32 Å². The number of thioether (sulfide) groups is 1. The van der Waals surface area contributed by atoms with Crippen molar-refractivity contribution in [1.29, 1.82) is 0 Å². The van der Waals surface area contributed by atoms with Crippen LogP contribution in [0.15, 0.2) is 71.3 Å².